The summed E-state index contributed by atoms with van der Waals surface area (Å²) in [5.74, 6) is 1.24. The molecule has 2 aromatic rings. The van der Waals surface area contributed by atoms with E-state index in [0.29, 0.717) is 23.7 Å². The molecule has 2 aromatic carbocycles. The van der Waals surface area contributed by atoms with Crippen molar-refractivity contribution in [2.24, 2.45) is 0 Å². The lowest BCUT2D eigenvalue weighted by molar-refractivity contribution is 0.181. The smallest absolute Gasteiger partial charge is 0.188 e. The molecule has 0 aromatic heterocycles. The van der Waals surface area contributed by atoms with E-state index < -0.39 is 21.2 Å². The Bertz CT molecular complexity index is 920. The van der Waals surface area contributed by atoms with Crippen LogP contribution in [0.1, 0.15) is 44.3 Å². The number of ether oxygens (including phenoxy) is 2. The fraction of sp³-hybridized carbons (Fsp3) is 0.478. The van der Waals surface area contributed by atoms with Crippen LogP contribution in [0.5, 0.6) is 11.5 Å². The molecule has 0 amide bonds. The number of hydrogen-bond acceptors (Lipinski definition) is 5. The normalized spacial score (nSPS) is 23.3. The van der Waals surface area contributed by atoms with Crippen molar-refractivity contribution in [2.45, 2.75) is 48.9 Å². The lowest BCUT2D eigenvalue weighted by atomic mass is 10.0. The first kappa shape index (κ1) is 20.2. The summed E-state index contributed by atoms with van der Waals surface area (Å²) in [7, 11) is -3.43. The van der Waals surface area contributed by atoms with E-state index in [4.69, 9.17) is 9.47 Å². The molecule has 0 aliphatic carbocycles. The molecular weight excluding hydrogens is 386 g/mol. The Hall–Kier alpha value is -2.05. The van der Waals surface area contributed by atoms with Gasteiger partial charge in [0.15, 0.2) is 9.84 Å². The molecule has 6 heteroatoms. The highest BCUT2D eigenvalue weighted by atomic mass is 32.2. The molecule has 29 heavy (non-hydrogen) atoms. The van der Waals surface area contributed by atoms with Crippen LogP contribution in [0, 0.1) is 0 Å². The van der Waals surface area contributed by atoms with E-state index in [1.54, 1.807) is 24.3 Å². The number of hydrogen-bond donors (Lipinski definition) is 0. The lowest BCUT2D eigenvalue weighted by Gasteiger charge is -2.33. The third-order valence-electron chi connectivity index (χ3n) is 5.84. The Morgan fingerprint density at radius 3 is 2.52 bits per heavy atom. The second-order valence-electron chi connectivity index (χ2n) is 7.80. The average molecular weight is 416 g/mol. The van der Waals surface area contributed by atoms with Crippen LogP contribution in [-0.4, -0.2) is 44.8 Å². The molecule has 0 N–H and O–H groups in total. The predicted molar refractivity (Wildman–Crippen MR) is 113 cm³/mol. The number of likely N-dealkylation sites (tertiary alicyclic amines) is 1. The van der Waals surface area contributed by atoms with E-state index in [-0.39, 0.29) is 0 Å². The molecule has 2 atom stereocenters. The van der Waals surface area contributed by atoms with E-state index in [0.717, 1.165) is 24.3 Å². The van der Waals surface area contributed by atoms with Gasteiger partial charge in [-0.15, -0.1) is 0 Å². The van der Waals surface area contributed by atoms with Crippen molar-refractivity contribution in [2.75, 3.05) is 26.2 Å². The summed E-state index contributed by atoms with van der Waals surface area (Å²) in [5, 5.41) is -0.593. The number of fused-ring (bicyclic) bond motifs is 1. The molecule has 2 aliphatic rings. The Kier molecular flexibility index (Phi) is 6.11. The van der Waals surface area contributed by atoms with Gasteiger partial charge in [0.05, 0.1) is 6.61 Å². The third-order valence-corrected chi connectivity index (χ3v) is 8.17. The monoisotopic (exact) mass is 415 g/mol. The number of sulfone groups is 1. The summed E-state index contributed by atoms with van der Waals surface area (Å²) in [6, 6.07) is 14.6. The highest BCUT2D eigenvalue weighted by Gasteiger charge is 2.41. The molecule has 2 aliphatic heterocycles. The highest BCUT2D eigenvalue weighted by Crippen LogP contribution is 2.42. The van der Waals surface area contributed by atoms with Gasteiger partial charge in [-0.2, -0.15) is 0 Å². The van der Waals surface area contributed by atoms with Crippen molar-refractivity contribution in [3.63, 3.8) is 0 Å². The maximum atomic E-state index is 13.1. The number of para-hydroxylation sites is 1. The first-order valence-corrected chi connectivity index (χ1v) is 12.1. The summed E-state index contributed by atoms with van der Waals surface area (Å²) in [6.45, 7) is 6.09. The van der Waals surface area contributed by atoms with Gasteiger partial charge in [0.2, 0.25) is 0 Å². The van der Waals surface area contributed by atoms with Crippen LogP contribution >= 0.6 is 0 Å². The van der Waals surface area contributed by atoms with E-state index in [1.165, 1.54) is 25.9 Å². The van der Waals surface area contributed by atoms with Crippen molar-refractivity contribution >= 4 is 9.84 Å². The minimum Gasteiger partial charge on any atom is -0.494 e. The van der Waals surface area contributed by atoms with Crippen LogP contribution in [0.3, 0.4) is 0 Å². The van der Waals surface area contributed by atoms with Crippen LogP contribution < -0.4 is 9.47 Å². The minimum absolute atomic E-state index is 0.293. The zero-order chi connectivity index (χ0) is 20.3. The molecule has 0 bridgehead atoms. The fourth-order valence-electron chi connectivity index (χ4n) is 4.28. The van der Waals surface area contributed by atoms with Crippen LogP contribution in [0.25, 0.3) is 0 Å². The average Bonchev–Trinajstić information content (AvgIpc) is 3.25. The van der Waals surface area contributed by atoms with Gasteiger partial charge in [0.1, 0.15) is 27.7 Å². The van der Waals surface area contributed by atoms with Crippen molar-refractivity contribution in [3.05, 3.63) is 54.1 Å². The Labute approximate surface area is 173 Å². The van der Waals surface area contributed by atoms with Crippen molar-refractivity contribution in [3.8, 4) is 11.5 Å². The van der Waals surface area contributed by atoms with E-state index in [1.807, 2.05) is 31.2 Å². The molecule has 1 fully saturated rings. The molecule has 0 spiro atoms. The summed E-state index contributed by atoms with van der Waals surface area (Å²) < 4.78 is 38.1. The van der Waals surface area contributed by atoms with Crippen molar-refractivity contribution in [1.82, 2.24) is 4.90 Å². The molecule has 156 valence electrons. The van der Waals surface area contributed by atoms with Gasteiger partial charge in [-0.3, -0.25) is 0 Å². The summed E-state index contributed by atoms with van der Waals surface area (Å²) in [4.78, 5) is 2.77. The summed E-state index contributed by atoms with van der Waals surface area (Å²) in [5.41, 5.74) is 0.861. The number of benzene rings is 2. The van der Waals surface area contributed by atoms with Gasteiger partial charge in [0, 0.05) is 6.54 Å². The minimum atomic E-state index is -3.43. The maximum absolute atomic E-state index is 13.1. The fourth-order valence-corrected chi connectivity index (χ4v) is 6.24. The van der Waals surface area contributed by atoms with E-state index >= 15 is 0 Å². The van der Waals surface area contributed by atoms with Gasteiger partial charge >= 0.3 is 0 Å². The molecule has 2 heterocycles. The Morgan fingerprint density at radius 2 is 1.79 bits per heavy atom. The number of rotatable bonds is 7. The second-order valence-corrected chi connectivity index (χ2v) is 9.93. The van der Waals surface area contributed by atoms with Gasteiger partial charge in [-0.05, 0) is 68.6 Å². The topological polar surface area (TPSA) is 55.8 Å². The quantitative estimate of drug-likeness (QED) is 0.633. The van der Waals surface area contributed by atoms with E-state index in [2.05, 4.69) is 4.90 Å². The maximum Gasteiger partial charge on any atom is 0.188 e. The van der Waals surface area contributed by atoms with Gasteiger partial charge in [-0.25, -0.2) is 8.42 Å². The molecule has 0 saturated carbocycles. The Morgan fingerprint density at radius 1 is 1.07 bits per heavy atom. The molecule has 1 saturated heterocycles. The van der Waals surface area contributed by atoms with Gasteiger partial charge < -0.3 is 14.4 Å². The van der Waals surface area contributed by atoms with Gasteiger partial charge in [0.25, 0.3) is 0 Å². The molecular formula is C23H29NO4S. The largest absolute Gasteiger partial charge is 0.494 e. The first-order chi connectivity index (χ1) is 14.1. The predicted octanol–water partition coefficient (Wildman–Crippen LogP) is 4.24. The Balaban J connectivity index is 1.42. The van der Waals surface area contributed by atoms with Gasteiger partial charge in [-0.1, -0.05) is 31.2 Å². The zero-order valence-corrected chi connectivity index (χ0v) is 17.7. The number of nitrogens with zero attached hydrogens (tertiary/aromatic N) is 1. The summed E-state index contributed by atoms with van der Waals surface area (Å²) >= 11 is 0. The molecule has 0 unspecified atom stereocenters. The second kappa shape index (κ2) is 8.76. The van der Waals surface area contributed by atoms with E-state index in [9.17, 15) is 8.42 Å². The lowest BCUT2D eigenvalue weighted by Crippen LogP contribution is -2.35. The zero-order valence-electron chi connectivity index (χ0n) is 16.9. The van der Waals surface area contributed by atoms with Crippen molar-refractivity contribution < 1.29 is 17.9 Å². The molecule has 5 nitrogen and oxygen atoms in total. The summed E-state index contributed by atoms with van der Waals surface area (Å²) in [6.07, 6.45) is 3.62. The van der Waals surface area contributed by atoms with Crippen LogP contribution in [0.2, 0.25) is 0 Å². The van der Waals surface area contributed by atoms with Crippen LogP contribution in [0.4, 0.5) is 0 Å². The highest BCUT2D eigenvalue weighted by molar-refractivity contribution is 7.92. The SMILES string of the molecule is CC[C@@H]1[C@@H](c2ccc(OCCCN3CCCC3)cc2)Oc2ccccc2S1(=O)=O. The van der Waals surface area contributed by atoms with Crippen LogP contribution in [0.15, 0.2) is 53.4 Å². The first-order valence-electron chi connectivity index (χ1n) is 10.5. The molecule has 4 rings (SSSR count). The standard InChI is InChI=1S/C23H29NO4S/c1-2-21-23(28-20-8-3-4-9-22(20)29(21,25)26)18-10-12-19(13-11-18)27-17-7-16-24-14-5-6-15-24/h3-4,8-13,21,23H,2,5-7,14-17H2,1H3/t21-,23-/m1/s1. The van der Waals surface area contributed by atoms with Crippen molar-refractivity contribution in [1.29, 1.82) is 0 Å². The third kappa shape index (κ3) is 4.28. The molecule has 0 radical (unpaired) electrons. The van der Waals surface area contributed by atoms with Crippen LogP contribution in [-0.2, 0) is 9.84 Å².